The molecule has 2 N–H and O–H groups in total. The Hall–Kier alpha value is -1.65. The molecule has 1 saturated heterocycles. The lowest BCUT2D eigenvalue weighted by atomic mass is 9.89. The van der Waals surface area contributed by atoms with Gasteiger partial charge in [0, 0.05) is 24.3 Å². The second-order valence-corrected chi connectivity index (χ2v) is 6.24. The molecular weight excluding hydrogens is 274 g/mol. The first-order valence-electron chi connectivity index (χ1n) is 8.21. The van der Waals surface area contributed by atoms with Gasteiger partial charge in [-0.25, -0.2) is 4.98 Å². The number of β-amino-alcohol motifs (C(OH)–C–C–N with tert-alkyl or cyclic N) is 1. The van der Waals surface area contributed by atoms with Crippen LogP contribution in [0.3, 0.4) is 0 Å². The summed E-state index contributed by atoms with van der Waals surface area (Å²) in [7, 11) is 0. The van der Waals surface area contributed by atoms with Crippen LogP contribution in [0.2, 0.25) is 0 Å². The Bertz CT molecular complexity index is 614. The van der Waals surface area contributed by atoms with Crippen LogP contribution in [-0.2, 0) is 0 Å². The van der Waals surface area contributed by atoms with Crippen molar-refractivity contribution >= 4 is 11.0 Å². The van der Waals surface area contributed by atoms with Crippen LogP contribution >= 0.6 is 0 Å². The predicted octanol–water partition coefficient (Wildman–Crippen LogP) is 3.07. The smallest absolute Gasteiger partial charge is 0.137 e. The number of piperidine rings is 1. The molecule has 118 valence electrons. The molecule has 4 heteroatoms. The monoisotopic (exact) mass is 299 g/mol. The highest BCUT2D eigenvalue weighted by molar-refractivity contribution is 5.80. The normalized spacial score (nSPS) is 18.6. The summed E-state index contributed by atoms with van der Waals surface area (Å²) in [5.41, 5.74) is 2.38. The van der Waals surface area contributed by atoms with E-state index in [0.717, 1.165) is 51.0 Å². The van der Waals surface area contributed by atoms with Crippen LogP contribution in [0.5, 0.6) is 0 Å². The van der Waals surface area contributed by atoms with Crippen LogP contribution in [0, 0.1) is 0 Å². The molecule has 0 aliphatic carbocycles. The molecule has 1 aliphatic rings. The minimum Gasteiger partial charge on any atom is -0.392 e. The number of nitrogens with one attached hydrogen (secondary N) is 1. The van der Waals surface area contributed by atoms with Crippen LogP contribution < -0.4 is 0 Å². The van der Waals surface area contributed by atoms with Crippen LogP contribution in [0.25, 0.3) is 11.0 Å². The second kappa shape index (κ2) is 7.07. The van der Waals surface area contributed by atoms with Crippen molar-refractivity contribution in [2.24, 2.45) is 0 Å². The van der Waals surface area contributed by atoms with Gasteiger partial charge in [0.05, 0.1) is 6.10 Å². The van der Waals surface area contributed by atoms with E-state index in [9.17, 15) is 5.11 Å². The van der Waals surface area contributed by atoms with E-state index in [2.05, 4.69) is 33.7 Å². The standard InChI is InChI=1S/C18H25N3O/c1-2-3-5-15(22)13-21-10-7-14(8-11-21)17-12-20-18-16(17)6-4-9-19-18/h2,4,6,9,12,14-15,22H,1,3,5,7-8,10-11,13H2,(H,19,20). The molecular formula is C18H25N3O. The summed E-state index contributed by atoms with van der Waals surface area (Å²) in [6.07, 6.45) is 9.60. The molecule has 0 amide bonds. The van der Waals surface area contributed by atoms with Crippen LogP contribution in [0.4, 0.5) is 0 Å². The van der Waals surface area contributed by atoms with E-state index in [1.807, 2.05) is 18.3 Å². The summed E-state index contributed by atoms with van der Waals surface area (Å²) in [5, 5.41) is 11.3. The molecule has 0 radical (unpaired) electrons. The average molecular weight is 299 g/mol. The predicted molar refractivity (Wildman–Crippen MR) is 89.9 cm³/mol. The van der Waals surface area contributed by atoms with Gasteiger partial charge >= 0.3 is 0 Å². The van der Waals surface area contributed by atoms with Crippen molar-refractivity contribution in [2.45, 2.75) is 37.7 Å². The number of H-pyrrole nitrogens is 1. The van der Waals surface area contributed by atoms with Crippen molar-refractivity contribution in [3.63, 3.8) is 0 Å². The fourth-order valence-electron chi connectivity index (χ4n) is 3.44. The van der Waals surface area contributed by atoms with Gasteiger partial charge in [-0.3, -0.25) is 0 Å². The number of nitrogens with zero attached hydrogens (tertiary/aromatic N) is 2. The highest BCUT2D eigenvalue weighted by atomic mass is 16.3. The van der Waals surface area contributed by atoms with E-state index in [0.29, 0.717) is 5.92 Å². The molecule has 2 aromatic heterocycles. The minimum atomic E-state index is -0.230. The first-order chi connectivity index (χ1) is 10.8. The molecule has 0 aromatic carbocycles. The Morgan fingerprint density at radius 2 is 2.27 bits per heavy atom. The SMILES string of the molecule is C=CCCC(O)CN1CCC(c2c[nH]c3ncccc23)CC1. The quantitative estimate of drug-likeness (QED) is 0.806. The number of allylic oxidation sites excluding steroid dienone is 1. The van der Waals surface area contributed by atoms with E-state index in [-0.39, 0.29) is 6.10 Å². The van der Waals surface area contributed by atoms with Crippen molar-refractivity contribution in [1.29, 1.82) is 0 Å². The molecule has 1 atom stereocenters. The largest absolute Gasteiger partial charge is 0.392 e. The highest BCUT2D eigenvalue weighted by Crippen LogP contribution is 2.32. The third kappa shape index (κ3) is 3.39. The number of aliphatic hydroxyl groups excluding tert-OH is 1. The number of hydrogen-bond donors (Lipinski definition) is 2. The van der Waals surface area contributed by atoms with Crippen LogP contribution in [-0.4, -0.2) is 45.7 Å². The number of aromatic nitrogens is 2. The Balaban J connectivity index is 1.56. The summed E-state index contributed by atoms with van der Waals surface area (Å²) in [6, 6.07) is 4.16. The molecule has 4 nitrogen and oxygen atoms in total. The summed E-state index contributed by atoms with van der Waals surface area (Å²) in [5.74, 6) is 0.597. The van der Waals surface area contributed by atoms with Gasteiger partial charge in [-0.2, -0.15) is 0 Å². The summed E-state index contributed by atoms with van der Waals surface area (Å²) < 4.78 is 0. The molecule has 1 fully saturated rings. The first-order valence-corrected chi connectivity index (χ1v) is 8.21. The topological polar surface area (TPSA) is 52.1 Å². The maximum atomic E-state index is 10.0. The van der Waals surface area contributed by atoms with Gasteiger partial charge in [0.25, 0.3) is 0 Å². The Morgan fingerprint density at radius 1 is 1.45 bits per heavy atom. The van der Waals surface area contributed by atoms with Crippen LogP contribution in [0.1, 0.15) is 37.2 Å². The van der Waals surface area contributed by atoms with Crippen molar-refractivity contribution in [1.82, 2.24) is 14.9 Å². The maximum Gasteiger partial charge on any atom is 0.137 e. The van der Waals surface area contributed by atoms with Gasteiger partial charge in [0.1, 0.15) is 5.65 Å². The Labute approximate surface area is 131 Å². The van der Waals surface area contributed by atoms with Gasteiger partial charge in [-0.1, -0.05) is 6.08 Å². The fourth-order valence-corrected chi connectivity index (χ4v) is 3.44. The molecule has 0 spiro atoms. The Kier molecular flexibility index (Phi) is 4.90. The zero-order valence-electron chi connectivity index (χ0n) is 13.0. The number of likely N-dealkylation sites (tertiary alicyclic amines) is 1. The van der Waals surface area contributed by atoms with Gasteiger partial charge in [-0.15, -0.1) is 6.58 Å². The van der Waals surface area contributed by atoms with E-state index in [1.54, 1.807) is 0 Å². The lowest BCUT2D eigenvalue weighted by Gasteiger charge is -2.33. The first kappa shape index (κ1) is 15.3. The van der Waals surface area contributed by atoms with E-state index < -0.39 is 0 Å². The molecule has 1 aliphatic heterocycles. The number of aromatic amines is 1. The molecule has 3 rings (SSSR count). The number of aliphatic hydroxyl groups is 1. The van der Waals surface area contributed by atoms with Gasteiger partial charge in [0.15, 0.2) is 0 Å². The number of pyridine rings is 1. The average Bonchev–Trinajstić information content (AvgIpc) is 2.98. The van der Waals surface area contributed by atoms with Gasteiger partial charge < -0.3 is 15.0 Å². The van der Waals surface area contributed by atoms with E-state index in [1.165, 1.54) is 10.9 Å². The summed E-state index contributed by atoms with van der Waals surface area (Å²) >= 11 is 0. The lowest BCUT2D eigenvalue weighted by molar-refractivity contribution is 0.0918. The summed E-state index contributed by atoms with van der Waals surface area (Å²) in [6.45, 7) is 6.61. The third-order valence-corrected chi connectivity index (χ3v) is 4.68. The second-order valence-electron chi connectivity index (χ2n) is 6.24. The molecule has 1 unspecified atom stereocenters. The van der Waals surface area contributed by atoms with Crippen molar-refractivity contribution in [2.75, 3.05) is 19.6 Å². The molecule has 3 heterocycles. The zero-order chi connectivity index (χ0) is 15.4. The number of rotatable bonds is 6. The molecule has 2 aromatic rings. The minimum absolute atomic E-state index is 0.230. The van der Waals surface area contributed by atoms with Crippen molar-refractivity contribution < 1.29 is 5.11 Å². The van der Waals surface area contributed by atoms with Gasteiger partial charge in [0.2, 0.25) is 0 Å². The van der Waals surface area contributed by atoms with E-state index in [4.69, 9.17) is 0 Å². The molecule has 0 saturated carbocycles. The number of fused-ring (bicyclic) bond motifs is 1. The third-order valence-electron chi connectivity index (χ3n) is 4.68. The zero-order valence-corrected chi connectivity index (χ0v) is 13.0. The Morgan fingerprint density at radius 3 is 3.05 bits per heavy atom. The molecule has 22 heavy (non-hydrogen) atoms. The lowest BCUT2D eigenvalue weighted by Crippen LogP contribution is -2.38. The van der Waals surface area contributed by atoms with Crippen molar-refractivity contribution in [3.8, 4) is 0 Å². The van der Waals surface area contributed by atoms with Gasteiger partial charge in [-0.05, 0) is 62.4 Å². The number of hydrogen-bond acceptors (Lipinski definition) is 3. The van der Waals surface area contributed by atoms with E-state index >= 15 is 0 Å². The highest BCUT2D eigenvalue weighted by Gasteiger charge is 2.23. The summed E-state index contributed by atoms with van der Waals surface area (Å²) in [4.78, 5) is 10.0. The maximum absolute atomic E-state index is 10.0. The molecule has 0 bridgehead atoms. The van der Waals surface area contributed by atoms with Crippen LogP contribution in [0.15, 0.2) is 37.2 Å². The van der Waals surface area contributed by atoms with Crippen molar-refractivity contribution in [3.05, 3.63) is 42.7 Å². The fraction of sp³-hybridized carbons (Fsp3) is 0.500.